The van der Waals surface area contributed by atoms with Crippen molar-refractivity contribution in [3.63, 3.8) is 0 Å². The molecule has 0 aliphatic carbocycles. The second-order valence-electron chi connectivity index (χ2n) is 5.38. The van der Waals surface area contributed by atoms with Gasteiger partial charge in [-0.15, -0.1) is 0 Å². The predicted octanol–water partition coefficient (Wildman–Crippen LogP) is -1.33. The van der Waals surface area contributed by atoms with Crippen LogP contribution in [0.1, 0.15) is 26.7 Å². The van der Waals surface area contributed by atoms with Crippen LogP contribution in [-0.2, 0) is 0 Å². The summed E-state index contributed by atoms with van der Waals surface area (Å²) in [6, 6.07) is 0.884. The van der Waals surface area contributed by atoms with Gasteiger partial charge in [-0.3, -0.25) is 0 Å². The Labute approximate surface area is 105 Å². The summed E-state index contributed by atoms with van der Waals surface area (Å²) in [6.45, 7) is 10.3. The van der Waals surface area contributed by atoms with Crippen LogP contribution in [0.5, 0.6) is 0 Å². The molecule has 2 aliphatic heterocycles. The molecule has 0 N–H and O–H groups in total. The molecule has 0 amide bonds. The van der Waals surface area contributed by atoms with Crippen LogP contribution in [0.2, 0.25) is 0 Å². The van der Waals surface area contributed by atoms with Gasteiger partial charge in [-0.25, -0.2) is 0 Å². The Morgan fingerprint density at radius 3 is 2.27 bits per heavy atom. The van der Waals surface area contributed by atoms with E-state index in [-0.39, 0.29) is 0 Å². The van der Waals surface area contributed by atoms with Crippen LogP contribution in [-0.4, -0.2) is 45.2 Å². The first kappa shape index (κ1) is 12.1. The number of likely N-dealkylation sites (tertiary alicyclic amines) is 1. The molecule has 0 aromatic carbocycles. The second-order valence-corrected chi connectivity index (χ2v) is 7.71. The molecule has 0 bridgehead atoms. The van der Waals surface area contributed by atoms with Crippen LogP contribution in [0, 0.1) is 11.8 Å². The van der Waals surface area contributed by atoms with Crippen LogP contribution in [0.25, 0.3) is 0 Å². The number of piperidine rings is 1. The van der Waals surface area contributed by atoms with Crippen LogP contribution in [0.15, 0.2) is 0 Å². The van der Waals surface area contributed by atoms with Crippen molar-refractivity contribution in [2.24, 2.45) is 11.8 Å². The van der Waals surface area contributed by atoms with E-state index in [1.807, 2.05) is 0 Å². The Hall–Kier alpha value is 0.650. The first-order chi connectivity index (χ1) is 7.19. The standard InChI is InChI=1S/C12H24IN2/c1-10-6-11(2)8-14(7-10)12-4-5-15(9-12)13-3/h10-12H,4-9H2,1-3H3/q-1. The van der Waals surface area contributed by atoms with Gasteiger partial charge in [0.2, 0.25) is 0 Å². The van der Waals surface area contributed by atoms with Crippen LogP contribution in [0.3, 0.4) is 0 Å². The van der Waals surface area contributed by atoms with E-state index in [4.69, 9.17) is 0 Å². The minimum absolute atomic E-state index is 0.338. The summed E-state index contributed by atoms with van der Waals surface area (Å²) in [5, 5.41) is 0. The fourth-order valence-corrected chi connectivity index (χ4v) is 4.77. The summed E-state index contributed by atoms with van der Waals surface area (Å²) < 4.78 is 2.70. The Morgan fingerprint density at radius 1 is 1.07 bits per heavy atom. The van der Waals surface area contributed by atoms with E-state index < -0.39 is 0 Å². The zero-order valence-electron chi connectivity index (χ0n) is 10.2. The monoisotopic (exact) mass is 323 g/mol. The van der Waals surface area contributed by atoms with E-state index in [1.54, 1.807) is 0 Å². The molecule has 3 unspecified atom stereocenters. The molecule has 2 rings (SSSR count). The van der Waals surface area contributed by atoms with Crippen molar-refractivity contribution >= 4 is 0 Å². The van der Waals surface area contributed by atoms with Crippen molar-refractivity contribution in [1.29, 1.82) is 0 Å². The summed E-state index contributed by atoms with van der Waals surface area (Å²) in [4.78, 5) is 5.17. The van der Waals surface area contributed by atoms with Crippen molar-refractivity contribution in [3.8, 4) is 0 Å². The number of halogens is 1. The van der Waals surface area contributed by atoms with Crippen molar-refractivity contribution < 1.29 is 21.5 Å². The van der Waals surface area contributed by atoms with E-state index in [0.717, 1.165) is 17.9 Å². The van der Waals surface area contributed by atoms with Crippen molar-refractivity contribution in [1.82, 2.24) is 8.01 Å². The van der Waals surface area contributed by atoms with Crippen molar-refractivity contribution in [3.05, 3.63) is 0 Å². The fraction of sp³-hybridized carbons (Fsp3) is 1.00. The number of alkyl halides is 1. The average molecular weight is 323 g/mol. The third-order valence-corrected chi connectivity index (χ3v) is 6.01. The first-order valence-electron chi connectivity index (χ1n) is 6.17. The van der Waals surface area contributed by atoms with Crippen LogP contribution in [0.4, 0.5) is 0 Å². The molecular weight excluding hydrogens is 299 g/mol. The topological polar surface area (TPSA) is 6.48 Å². The van der Waals surface area contributed by atoms with Gasteiger partial charge in [0.05, 0.1) is 0 Å². The molecule has 90 valence electrons. The summed E-state index contributed by atoms with van der Waals surface area (Å²) in [5.74, 6) is 1.83. The van der Waals surface area contributed by atoms with Gasteiger partial charge in [-0.05, 0) is 0 Å². The third-order valence-electron chi connectivity index (χ3n) is 3.77. The molecule has 2 heterocycles. The zero-order valence-corrected chi connectivity index (χ0v) is 12.4. The van der Waals surface area contributed by atoms with Gasteiger partial charge >= 0.3 is 105 Å². The zero-order chi connectivity index (χ0) is 10.8. The van der Waals surface area contributed by atoms with Crippen molar-refractivity contribution in [2.75, 3.05) is 31.1 Å². The average Bonchev–Trinajstić information content (AvgIpc) is 2.64. The van der Waals surface area contributed by atoms with E-state index in [9.17, 15) is 0 Å². The molecule has 0 aromatic heterocycles. The Kier molecular flexibility index (Phi) is 4.30. The molecule has 2 nitrogen and oxygen atoms in total. The third kappa shape index (κ3) is 3.07. The van der Waals surface area contributed by atoms with Gasteiger partial charge in [0.25, 0.3) is 0 Å². The second kappa shape index (κ2) is 5.32. The van der Waals surface area contributed by atoms with Crippen LogP contribution < -0.4 is 21.5 Å². The molecule has 3 heteroatoms. The van der Waals surface area contributed by atoms with E-state index >= 15 is 0 Å². The van der Waals surface area contributed by atoms with Crippen LogP contribution >= 0.6 is 0 Å². The Morgan fingerprint density at radius 2 is 1.73 bits per heavy atom. The molecule has 2 fully saturated rings. The molecule has 0 aromatic rings. The molecule has 0 saturated carbocycles. The number of nitrogens with zero attached hydrogens (tertiary/aromatic N) is 2. The molecular formula is C12H24IN2-. The van der Waals surface area contributed by atoms with Crippen molar-refractivity contribution in [2.45, 2.75) is 32.7 Å². The Bertz CT molecular complexity index is 200. The molecule has 15 heavy (non-hydrogen) atoms. The molecule has 2 saturated heterocycles. The maximum atomic E-state index is 2.78. The number of hydrogen-bond donors (Lipinski definition) is 0. The SMILES string of the molecule is C[I-]N1CCC(N2CC(C)CC(C)C2)C1. The number of rotatable bonds is 2. The van der Waals surface area contributed by atoms with E-state index in [2.05, 4.69) is 26.8 Å². The Balaban J connectivity index is 1.88. The molecule has 0 spiro atoms. The quantitative estimate of drug-likeness (QED) is 0.353. The van der Waals surface area contributed by atoms with Gasteiger partial charge in [0.1, 0.15) is 0 Å². The molecule has 0 radical (unpaired) electrons. The van der Waals surface area contributed by atoms with Gasteiger partial charge in [-0.2, -0.15) is 0 Å². The molecule has 3 atom stereocenters. The fourth-order valence-electron chi connectivity index (χ4n) is 3.16. The van der Waals surface area contributed by atoms with Gasteiger partial charge < -0.3 is 0 Å². The summed E-state index contributed by atoms with van der Waals surface area (Å²) in [7, 11) is 0. The molecule has 2 aliphatic rings. The number of hydrogen-bond acceptors (Lipinski definition) is 2. The van der Waals surface area contributed by atoms with Gasteiger partial charge in [-0.1, -0.05) is 0 Å². The first-order valence-corrected chi connectivity index (χ1v) is 9.30. The normalized spacial score (nSPS) is 40.1. The minimum atomic E-state index is 0.338. The summed E-state index contributed by atoms with van der Waals surface area (Å²) >= 11 is 0.338. The van der Waals surface area contributed by atoms with Gasteiger partial charge in [0, 0.05) is 0 Å². The van der Waals surface area contributed by atoms with E-state index in [1.165, 1.54) is 39.0 Å². The van der Waals surface area contributed by atoms with E-state index in [0.29, 0.717) is 21.5 Å². The summed E-state index contributed by atoms with van der Waals surface area (Å²) in [5.41, 5.74) is 0. The predicted molar refractivity (Wildman–Crippen MR) is 60.4 cm³/mol. The summed E-state index contributed by atoms with van der Waals surface area (Å²) in [6.07, 6.45) is 2.86. The maximum absolute atomic E-state index is 2.78. The van der Waals surface area contributed by atoms with Gasteiger partial charge in [0.15, 0.2) is 0 Å².